The van der Waals surface area contributed by atoms with Gasteiger partial charge in [0.25, 0.3) is 0 Å². The maximum absolute atomic E-state index is 5.68. The minimum atomic E-state index is 0.525. The Balaban J connectivity index is 2.15. The molecule has 2 aromatic heterocycles. The molecule has 0 atom stereocenters. The summed E-state index contributed by atoms with van der Waals surface area (Å²) in [6.45, 7) is 6.77. The van der Waals surface area contributed by atoms with Crippen LogP contribution in [0.2, 0.25) is 0 Å². The maximum atomic E-state index is 5.68. The summed E-state index contributed by atoms with van der Waals surface area (Å²) in [6.07, 6.45) is 2.73. The zero-order valence-corrected chi connectivity index (χ0v) is 11.5. The lowest BCUT2D eigenvalue weighted by Gasteiger charge is -2.08. The number of rotatable bonds is 5. The van der Waals surface area contributed by atoms with Gasteiger partial charge in [0.15, 0.2) is 0 Å². The zero-order valence-electron chi connectivity index (χ0n) is 11.5. The van der Waals surface area contributed by atoms with E-state index in [1.54, 1.807) is 12.3 Å². The Bertz CT molecular complexity index is 540. The van der Waals surface area contributed by atoms with Crippen LogP contribution < -0.4 is 10.1 Å². The third-order valence-corrected chi connectivity index (χ3v) is 2.48. The lowest BCUT2D eigenvalue weighted by Crippen LogP contribution is -2.04. The summed E-state index contributed by atoms with van der Waals surface area (Å²) in [5.41, 5.74) is 0.955. The van der Waals surface area contributed by atoms with Crippen LogP contribution in [0.1, 0.15) is 24.9 Å². The predicted molar refractivity (Wildman–Crippen MR) is 74.6 cm³/mol. The fraction of sp³-hybridized carbons (Fsp3) is 0.357. The zero-order chi connectivity index (χ0) is 13.7. The standard InChI is InChI=1S/C14H18N4O/c1-4-7-15-13-8-14(18-11(3)17-13)19-12-6-5-10(2)16-9-12/h5-6,8-9H,4,7H2,1-3H3,(H,15,17,18). The topological polar surface area (TPSA) is 59.9 Å². The van der Waals surface area contributed by atoms with Crippen LogP contribution in [-0.2, 0) is 0 Å². The van der Waals surface area contributed by atoms with Crippen LogP contribution in [-0.4, -0.2) is 21.5 Å². The first-order valence-corrected chi connectivity index (χ1v) is 6.37. The van der Waals surface area contributed by atoms with E-state index in [0.29, 0.717) is 17.5 Å². The molecule has 0 amide bonds. The first-order valence-electron chi connectivity index (χ1n) is 6.37. The summed E-state index contributed by atoms with van der Waals surface area (Å²) < 4.78 is 5.68. The van der Waals surface area contributed by atoms with Gasteiger partial charge in [0.1, 0.15) is 17.4 Å². The molecule has 0 aliphatic rings. The molecule has 0 radical (unpaired) electrons. The quantitative estimate of drug-likeness (QED) is 0.893. The van der Waals surface area contributed by atoms with E-state index in [2.05, 4.69) is 27.2 Å². The van der Waals surface area contributed by atoms with Gasteiger partial charge in [-0.15, -0.1) is 0 Å². The van der Waals surface area contributed by atoms with Crippen molar-refractivity contribution in [3.05, 3.63) is 35.9 Å². The number of hydrogen-bond acceptors (Lipinski definition) is 5. The van der Waals surface area contributed by atoms with Gasteiger partial charge in [-0.2, -0.15) is 4.98 Å². The molecule has 1 N–H and O–H groups in total. The second-order valence-corrected chi connectivity index (χ2v) is 4.30. The molecule has 0 aliphatic heterocycles. The van der Waals surface area contributed by atoms with Crippen molar-refractivity contribution in [2.45, 2.75) is 27.2 Å². The number of aromatic nitrogens is 3. The van der Waals surface area contributed by atoms with Gasteiger partial charge in [0.05, 0.1) is 6.20 Å². The normalized spacial score (nSPS) is 10.3. The molecule has 19 heavy (non-hydrogen) atoms. The van der Waals surface area contributed by atoms with Crippen molar-refractivity contribution in [3.8, 4) is 11.6 Å². The van der Waals surface area contributed by atoms with E-state index < -0.39 is 0 Å². The Morgan fingerprint density at radius 2 is 2.05 bits per heavy atom. The van der Waals surface area contributed by atoms with E-state index >= 15 is 0 Å². The molecule has 0 unspecified atom stereocenters. The number of pyridine rings is 1. The highest BCUT2D eigenvalue weighted by Crippen LogP contribution is 2.20. The molecule has 5 nitrogen and oxygen atoms in total. The average molecular weight is 258 g/mol. The summed E-state index contributed by atoms with van der Waals surface area (Å²) in [7, 11) is 0. The number of aryl methyl sites for hydroxylation is 2. The van der Waals surface area contributed by atoms with Crippen molar-refractivity contribution in [1.82, 2.24) is 15.0 Å². The summed E-state index contributed by atoms with van der Waals surface area (Å²) >= 11 is 0. The highest BCUT2D eigenvalue weighted by Gasteiger charge is 2.04. The molecule has 0 saturated carbocycles. The smallest absolute Gasteiger partial charge is 0.224 e. The van der Waals surface area contributed by atoms with Crippen LogP contribution in [0.3, 0.4) is 0 Å². The Kier molecular flexibility index (Phi) is 4.28. The molecule has 0 spiro atoms. The second-order valence-electron chi connectivity index (χ2n) is 4.30. The van der Waals surface area contributed by atoms with E-state index in [0.717, 1.165) is 24.5 Å². The summed E-state index contributed by atoms with van der Waals surface area (Å²) in [6, 6.07) is 5.57. The van der Waals surface area contributed by atoms with Crippen LogP contribution in [0.15, 0.2) is 24.4 Å². The van der Waals surface area contributed by atoms with E-state index in [1.807, 2.05) is 26.0 Å². The molecule has 0 aromatic carbocycles. The minimum Gasteiger partial charge on any atom is -0.437 e. The number of nitrogens with zero attached hydrogens (tertiary/aromatic N) is 3. The minimum absolute atomic E-state index is 0.525. The lowest BCUT2D eigenvalue weighted by molar-refractivity contribution is 0.458. The molecule has 0 aliphatic carbocycles. The van der Waals surface area contributed by atoms with Crippen LogP contribution >= 0.6 is 0 Å². The molecule has 2 rings (SSSR count). The summed E-state index contributed by atoms with van der Waals surface area (Å²) in [4.78, 5) is 12.8. The van der Waals surface area contributed by atoms with E-state index in [-0.39, 0.29) is 0 Å². The maximum Gasteiger partial charge on any atom is 0.224 e. The largest absolute Gasteiger partial charge is 0.437 e. The highest BCUT2D eigenvalue weighted by molar-refractivity contribution is 5.39. The van der Waals surface area contributed by atoms with Gasteiger partial charge in [0.2, 0.25) is 5.88 Å². The van der Waals surface area contributed by atoms with Crippen LogP contribution in [0.4, 0.5) is 5.82 Å². The van der Waals surface area contributed by atoms with Gasteiger partial charge >= 0.3 is 0 Å². The number of anilines is 1. The van der Waals surface area contributed by atoms with Gasteiger partial charge < -0.3 is 10.1 Å². The fourth-order valence-electron chi connectivity index (χ4n) is 1.57. The molecule has 0 fully saturated rings. The van der Waals surface area contributed by atoms with Crippen molar-refractivity contribution >= 4 is 5.82 Å². The van der Waals surface area contributed by atoms with E-state index in [4.69, 9.17) is 4.74 Å². The predicted octanol–water partition coefficient (Wildman–Crippen LogP) is 3.10. The first-order chi connectivity index (χ1) is 9.17. The molecule has 2 aromatic rings. The number of hydrogen-bond donors (Lipinski definition) is 1. The van der Waals surface area contributed by atoms with Crippen LogP contribution in [0.25, 0.3) is 0 Å². The summed E-state index contributed by atoms with van der Waals surface area (Å²) in [5.74, 6) is 2.66. The molecular weight excluding hydrogens is 240 g/mol. The van der Waals surface area contributed by atoms with Crippen LogP contribution in [0.5, 0.6) is 11.6 Å². The Morgan fingerprint density at radius 1 is 1.21 bits per heavy atom. The van der Waals surface area contributed by atoms with Crippen LogP contribution in [0, 0.1) is 13.8 Å². The Labute approximate surface area is 113 Å². The van der Waals surface area contributed by atoms with E-state index in [9.17, 15) is 0 Å². The Hall–Kier alpha value is -2.17. The van der Waals surface area contributed by atoms with Gasteiger partial charge in [-0.3, -0.25) is 4.98 Å². The van der Waals surface area contributed by atoms with Gasteiger partial charge in [-0.1, -0.05) is 6.92 Å². The molecule has 100 valence electrons. The van der Waals surface area contributed by atoms with Crippen molar-refractivity contribution in [1.29, 1.82) is 0 Å². The summed E-state index contributed by atoms with van der Waals surface area (Å²) in [5, 5.41) is 3.22. The van der Waals surface area contributed by atoms with Gasteiger partial charge in [-0.25, -0.2) is 4.98 Å². The fourth-order valence-corrected chi connectivity index (χ4v) is 1.57. The second kappa shape index (κ2) is 6.13. The molecule has 0 saturated heterocycles. The third kappa shape index (κ3) is 3.91. The van der Waals surface area contributed by atoms with Crippen molar-refractivity contribution in [2.75, 3.05) is 11.9 Å². The van der Waals surface area contributed by atoms with E-state index in [1.165, 1.54) is 0 Å². The van der Waals surface area contributed by atoms with Gasteiger partial charge in [-0.05, 0) is 32.4 Å². The third-order valence-electron chi connectivity index (χ3n) is 2.48. The van der Waals surface area contributed by atoms with Crippen molar-refractivity contribution in [2.24, 2.45) is 0 Å². The van der Waals surface area contributed by atoms with Crippen molar-refractivity contribution in [3.63, 3.8) is 0 Å². The van der Waals surface area contributed by atoms with Crippen molar-refractivity contribution < 1.29 is 4.74 Å². The highest BCUT2D eigenvalue weighted by atomic mass is 16.5. The molecule has 2 heterocycles. The lowest BCUT2D eigenvalue weighted by atomic mass is 10.4. The van der Waals surface area contributed by atoms with Gasteiger partial charge in [0, 0.05) is 18.3 Å². The number of ether oxygens (including phenoxy) is 1. The molecule has 0 bridgehead atoms. The molecular formula is C14H18N4O. The number of nitrogens with one attached hydrogen (secondary N) is 1. The molecule has 5 heteroatoms. The Morgan fingerprint density at radius 3 is 2.74 bits per heavy atom. The first kappa shape index (κ1) is 13.3. The SMILES string of the molecule is CCCNc1cc(Oc2ccc(C)nc2)nc(C)n1. The monoisotopic (exact) mass is 258 g/mol. The average Bonchev–Trinajstić information content (AvgIpc) is 2.38.